The smallest absolute Gasteiger partial charge is 0.406 e. The van der Waals surface area contributed by atoms with Crippen LogP contribution in [0.1, 0.15) is 29.0 Å². The van der Waals surface area contributed by atoms with Gasteiger partial charge in [-0.2, -0.15) is 0 Å². The number of hydrogen-bond donors (Lipinski definition) is 2. The van der Waals surface area contributed by atoms with Gasteiger partial charge in [-0.25, -0.2) is 9.67 Å². The van der Waals surface area contributed by atoms with E-state index in [1.807, 2.05) is 18.2 Å². The van der Waals surface area contributed by atoms with E-state index in [1.54, 1.807) is 0 Å². The Labute approximate surface area is 217 Å². The summed E-state index contributed by atoms with van der Waals surface area (Å²) in [4.78, 5) is 4.35. The quantitative estimate of drug-likeness (QED) is 0.290. The number of alkyl halides is 3. The van der Waals surface area contributed by atoms with Crippen LogP contribution < -0.4 is 15.4 Å². The van der Waals surface area contributed by atoms with Crippen LogP contribution in [0.5, 0.6) is 5.75 Å². The van der Waals surface area contributed by atoms with Crippen LogP contribution in [-0.4, -0.2) is 32.3 Å². The van der Waals surface area contributed by atoms with Crippen LogP contribution in [0.4, 0.5) is 18.9 Å². The predicted molar refractivity (Wildman–Crippen MR) is 140 cm³/mol. The van der Waals surface area contributed by atoms with Crippen molar-refractivity contribution in [2.45, 2.75) is 38.6 Å². The van der Waals surface area contributed by atoms with Crippen molar-refractivity contribution in [3.8, 4) is 22.8 Å². The summed E-state index contributed by atoms with van der Waals surface area (Å²) in [5.41, 5.74) is 5.96. The molecular weight excluding hydrogens is 499 g/mol. The molecule has 1 aromatic heterocycles. The summed E-state index contributed by atoms with van der Waals surface area (Å²) >= 11 is 5.53. The van der Waals surface area contributed by atoms with E-state index in [4.69, 9.17) is 12.2 Å². The highest BCUT2D eigenvalue weighted by Gasteiger charge is 2.39. The lowest BCUT2D eigenvalue weighted by Gasteiger charge is -2.14. The number of rotatable bonds is 6. The predicted octanol–water partition coefficient (Wildman–Crippen LogP) is 6.29. The molecule has 2 N–H and O–H groups in total. The second-order valence-electron chi connectivity index (χ2n) is 8.99. The number of nitrogens with zero attached hydrogens (tertiary/aromatic N) is 3. The molecule has 5 rings (SSSR count). The van der Waals surface area contributed by atoms with Crippen LogP contribution in [0.2, 0.25) is 0 Å². The molecule has 0 aliphatic heterocycles. The highest BCUT2D eigenvalue weighted by atomic mass is 32.1. The van der Waals surface area contributed by atoms with E-state index in [0.717, 1.165) is 28.8 Å². The summed E-state index contributed by atoms with van der Waals surface area (Å²) in [5.74, 6) is 0.600. The number of benzene rings is 3. The molecule has 0 amide bonds. The summed E-state index contributed by atoms with van der Waals surface area (Å²) < 4.78 is 42.5. The number of aryl methyl sites for hydroxylation is 2. The second kappa shape index (κ2) is 9.85. The second-order valence-corrected chi connectivity index (χ2v) is 9.40. The molecule has 4 aromatic rings. The number of hydrogen-bond acceptors (Lipinski definition) is 4. The number of ether oxygens (including phenoxy) is 1. The first-order chi connectivity index (χ1) is 17.7. The molecule has 1 saturated carbocycles. The third-order valence-electron chi connectivity index (χ3n) is 6.25. The van der Waals surface area contributed by atoms with E-state index in [9.17, 15) is 13.2 Å². The van der Waals surface area contributed by atoms with Gasteiger partial charge in [0.15, 0.2) is 10.9 Å². The minimum Gasteiger partial charge on any atom is -0.406 e. The molecule has 0 saturated heterocycles. The van der Waals surface area contributed by atoms with E-state index < -0.39 is 6.36 Å². The maximum Gasteiger partial charge on any atom is 0.573 e. The van der Waals surface area contributed by atoms with E-state index >= 15 is 0 Å². The fourth-order valence-electron chi connectivity index (χ4n) is 4.25. The van der Waals surface area contributed by atoms with Gasteiger partial charge in [-0.1, -0.05) is 42.5 Å². The van der Waals surface area contributed by atoms with Crippen molar-refractivity contribution in [2.24, 2.45) is 0 Å². The Balaban J connectivity index is 1.18. The van der Waals surface area contributed by atoms with Gasteiger partial charge in [0, 0.05) is 23.2 Å². The van der Waals surface area contributed by atoms with E-state index in [0.29, 0.717) is 22.5 Å². The first kappa shape index (κ1) is 24.8. The van der Waals surface area contributed by atoms with Crippen molar-refractivity contribution in [1.82, 2.24) is 20.1 Å². The Bertz CT molecular complexity index is 1400. The number of anilines is 1. The molecule has 0 spiro atoms. The molecule has 1 aliphatic carbocycles. The lowest BCUT2D eigenvalue weighted by molar-refractivity contribution is -0.274. The van der Waals surface area contributed by atoms with Crippen molar-refractivity contribution in [3.05, 3.63) is 89.7 Å². The van der Waals surface area contributed by atoms with Gasteiger partial charge in [0.2, 0.25) is 0 Å². The Morgan fingerprint density at radius 2 is 1.68 bits per heavy atom. The van der Waals surface area contributed by atoms with Gasteiger partial charge in [0.25, 0.3) is 0 Å². The third kappa shape index (κ3) is 5.91. The Kier molecular flexibility index (Phi) is 6.59. The largest absolute Gasteiger partial charge is 0.573 e. The van der Waals surface area contributed by atoms with Gasteiger partial charge in [-0.3, -0.25) is 0 Å². The lowest BCUT2D eigenvalue weighted by atomic mass is 10.1. The van der Waals surface area contributed by atoms with E-state index in [1.165, 1.54) is 40.8 Å². The first-order valence-corrected chi connectivity index (χ1v) is 12.1. The monoisotopic (exact) mass is 523 g/mol. The van der Waals surface area contributed by atoms with Crippen LogP contribution in [0.15, 0.2) is 73.1 Å². The summed E-state index contributed by atoms with van der Waals surface area (Å²) in [5, 5.41) is 11.8. The van der Waals surface area contributed by atoms with Crippen molar-refractivity contribution in [3.63, 3.8) is 0 Å². The van der Waals surface area contributed by atoms with Crippen LogP contribution in [0.25, 0.3) is 17.1 Å². The van der Waals surface area contributed by atoms with Gasteiger partial charge in [0.05, 0.1) is 5.69 Å². The minimum atomic E-state index is -4.73. The highest BCUT2D eigenvalue weighted by molar-refractivity contribution is 7.80. The average molecular weight is 524 g/mol. The number of nitrogens with one attached hydrogen (secondary N) is 2. The zero-order valence-corrected chi connectivity index (χ0v) is 20.9. The van der Waals surface area contributed by atoms with E-state index in [2.05, 4.69) is 63.6 Å². The summed E-state index contributed by atoms with van der Waals surface area (Å²) in [7, 11) is 0. The number of thiocarbonyl (C=S) groups is 1. The molecule has 0 bridgehead atoms. The molecule has 0 radical (unpaired) electrons. The average Bonchev–Trinajstić information content (AvgIpc) is 3.43. The maximum absolute atomic E-state index is 12.4. The van der Waals surface area contributed by atoms with Crippen molar-refractivity contribution in [2.75, 3.05) is 5.32 Å². The van der Waals surface area contributed by atoms with Crippen LogP contribution >= 0.6 is 12.2 Å². The Morgan fingerprint density at radius 3 is 2.32 bits per heavy atom. The molecule has 190 valence electrons. The van der Waals surface area contributed by atoms with Gasteiger partial charge in [0.1, 0.15) is 12.1 Å². The molecule has 1 aliphatic rings. The molecule has 1 heterocycles. The number of para-hydroxylation sites is 1. The topological polar surface area (TPSA) is 64.0 Å². The molecule has 2 atom stereocenters. The minimum absolute atomic E-state index is 0.275. The summed E-state index contributed by atoms with van der Waals surface area (Å²) in [6, 6.07) is 19.9. The molecule has 37 heavy (non-hydrogen) atoms. The van der Waals surface area contributed by atoms with Crippen LogP contribution in [-0.2, 0) is 0 Å². The number of aromatic nitrogens is 3. The maximum atomic E-state index is 12.4. The molecule has 6 nitrogen and oxygen atoms in total. The van der Waals surface area contributed by atoms with Gasteiger partial charge in [-0.05, 0) is 73.4 Å². The Morgan fingerprint density at radius 1 is 1.00 bits per heavy atom. The fraction of sp³-hybridized carbons (Fsp3) is 0.222. The highest BCUT2D eigenvalue weighted by Crippen LogP contribution is 2.41. The van der Waals surface area contributed by atoms with Gasteiger partial charge >= 0.3 is 6.36 Å². The van der Waals surface area contributed by atoms with Crippen molar-refractivity contribution >= 4 is 23.0 Å². The molecule has 10 heteroatoms. The summed E-state index contributed by atoms with van der Waals surface area (Å²) in [6.45, 7) is 4.11. The number of halogens is 3. The third-order valence-corrected chi connectivity index (χ3v) is 6.47. The first-order valence-electron chi connectivity index (χ1n) is 11.7. The van der Waals surface area contributed by atoms with Gasteiger partial charge in [-0.15, -0.1) is 18.3 Å². The molecule has 1 fully saturated rings. The standard InChI is InChI=1S/C27H24F3N5OS/c1-16-4-3-5-17(2)24(16)33-26(37)32-23-14-22(23)18-6-8-19(9-7-18)25-31-15-35(34-25)20-10-12-21(13-11-20)36-27(28,29)30/h3-13,15,22-23H,14H2,1-2H3,(H2,32,33,37). The molecule has 2 unspecified atom stereocenters. The molecular formula is C27H24F3N5OS. The van der Waals surface area contributed by atoms with Gasteiger partial charge < -0.3 is 15.4 Å². The Hall–Kier alpha value is -3.92. The normalized spacial score (nSPS) is 16.8. The van der Waals surface area contributed by atoms with E-state index in [-0.39, 0.29) is 11.8 Å². The fourth-order valence-corrected chi connectivity index (χ4v) is 4.51. The lowest BCUT2D eigenvalue weighted by Crippen LogP contribution is -2.31. The van der Waals surface area contributed by atoms with Crippen LogP contribution in [0, 0.1) is 13.8 Å². The zero-order chi connectivity index (χ0) is 26.2. The molecule has 3 aromatic carbocycles. The van der Waals surface area contributed by atoms with Crippen LogP contribution in [0.3, 0.4) is 0 Å². The summed E-state index contributed by atoms with van der Waals surface area (Å²) in [6.07, 6.45) is -2.21. The zero-order valence-electron chi connectivity index (χ0n) is 20.1. The SMILES string of the molecule is Cc1cccc(C)c1NC(=S)NC1CC1c1ccc(-c2ncn(-c3ccc(OC(F)(F)F)cc3)n2)cc1. The van der Waals surface area contributed by atoms with Crippen molar-refractivity contribution in [1.29, 1.82) is 0 Å². The van der Waals surface area contributed by atoms with Crippen molar-refractivity contribution < 1.29 is 17.9 Å².